The molecule has 0 spiro atoms. The average Bonchev–Trinajstić information content (AvgIpc) is 2.65. The smallest absolute Gasteiger partial charge is 0.408 e. The van der Waals surface area contributed by atoms with E-state index in [2.05, 4.69) is 56.2 Å². The molecular formula is C24H33NO2Si. The molecule has 0 bridgehead atoms. The second-order valence-corrected chi connectivity index (χ2v) is 13.3. The van der Waals surface area contributed by atoms with Gasteiger partial charge in [0.05, 0.1) is 6.04 Å². The zero-order chi connectivity index (χ0) is 20.9. The van der Waals surface area contributed by atoms with Gasteiger partial charge < -0.3 is 10.1 Å². The van der Waals surface area contributed by atoms with Crippen LogP contribution < -0.4 is 10.5 Å². The van der Waals surface area contributed by atoms with Crippen molar-refractivity contribution in [1.29, 1.82) is 0 Å². The molecule has 2 atom stereocenters. The molecular weight excluding hydrogens is 362 g/mol. The molecule has 0 aliphatic carbocycles. The molecule has 0 heterocycles. The first kappa shape index (κ1) is 22.0. The summed E-state index contributed by atoms with van der Waals surface area (Å²) in [5, 5.41) is 5.64. The van der Waals surface area contributed by atoms with Gasteiger partial charge in [0.15, 0.2) is 0 Å². The number of amides is 1. The Bertz CT molecular complexity index is 794. The van der Waals surface area contributed by atoms with E-state index >= 15 is 0 Å². The molecule has 0 saturated carbocycles. The van der Waals surface area contributed by atoms with Crippen LogP contribution in [0, 0.1) is 5.92 Å². The standard InChI is InChI=1S/C24H33NO2Si/c1-18(19(2)28(6,7)21-16-12-9-13-17-21)22(20-14-10-8-11-15-20)25-23(26)27-24(3,4)5/h8-18,22H,2H2,1,3-7H3,(H,25,26)/t18-,22-/m0/s1. The van der Waals surface area contributed by atoms with E-state index in [0.29, 0.717) is 0 Å². The number of carbonyl (C=O) groups excluding carboxylic acids is 1. The van der Waals surface area contributed by atoms with Crippen molar-refractivity contribution in [3.05, 3.63) is 78.0 Å². The van der Waals surface area contributed by atoms with Gasteiger partial charge in [0.1, 0.15) is 13.7 Å². The number of nitrogens with one attached hydrogen (secondary N) is 1. The van der Waals surface area contributed by atoms with Crippen LogP contribution in [0.25, 0.3) is 0 Å². The van der Waals surface area contributed by atoms with E-state index in [9.17, 15) is 4.79 Å². The van der Waals surface area contributed by atoms with Crippen LogP contribution >= 0.6 is 0 Å². The lowest BCUT2D eigenvalue weighted by Crippen LogP contribution is -2.48. The van der Waals surface area contributed by atoms with Crippen LogP contribution in [0.5, 0.6) is 0 Å². The Kier molecular flexibility index (Phi) is 6.89. The Morgan fingerprint density at radius 2 is 1.50 bits per heavy atom. The molecule has 0 aliphatic rings. The molecule has 1 amide bonds. The summed E-state index contributed by atoms with van der Waals surface area (Å²) in [6, 6.07) is 20.4. The number of hydrogen-bond acceptors (Lipinski definition) is 2. The van der Waals surface area contributed by atoms with Gasteiger partial charge in [-0.25, -0.2) is 4.79 Å². The molecule has 4 heteroatoms. The van der Waals surface area contributed by atoms with Gasteiger partial charge in [0, 0.05) is 0 Å². The monoisotopic (exact) mass is 395 g/mol. The SMILES string of the molecule is C=C([C@H](C)[C@H](NC(=O)OC(C)(C)C)c1ccccc1)[Si](C)(C)c1ccccc1. The van der Waals surface area contributed by atoms with Crippen molar-refractivity contribution in [1.82, 2.24) is 5.32 Å². The summed E-state index contributed by atoms with van der Waals surface area (Å²) >= 11 is 0. The highest BCUT2D eigenvalue weighted by molar-refractivity contribution is 6.95. The third kappa shape index (κ3) is 5.58. The van der Waals surface area contributed by atoms with Gasteiger partial charge in [-0.15, -0.1) is 6.58 Å². The second kappa shape index (κ2) is 8.78. The van der Waals surface area contributed by atoms with Gasteiger partial charge in [0.25, 0.3) is 0 Å². The summed E-state index contributed by atoms with van der Waals surface area (Å²) in [4.78, 5) is 12.5. The highest BCUT2D eigenvalue weighted by atomic mass is 28.3. The van der Waals surface area contributed by atoms with Gasteiger partial charge >= 0.3 is 6.09 Å². The number of hydrogen-bond donors (Lipinski definition) is 1. The van der Waals surface area contributed by atoms with Gasteiger partial charge in [-0.2, -0.15) is 0 Å². The zero-order valence-electron chi connectivity index (χ0n) is 18.0. The Hall–Kier alpha value is -2.33. The van der Waals surface area contributed by atoms with Gasteiger partial charge in [-0.3, -0.25) is 0 Å². The highest BCUT2D eigenvalue weighted by Gasteiger charge is 2.35. The van der Waals surface area contributed by atoms with E-state index in [1.807, 2.05) is 57.2 Å². The van der Waals surface area contributed by atoms with Crippen LogP contribution in [0.1, 0.15) is 39.3 Å². The normalized spacial score (nSPS) is 14.1. The van der Waals surface area contributed by atoms with Crippen molar-refractivity contribution in [3.63, 3.8) is 0 Å². The molecule has 1 N–H and O–H groups in total. The summed E-state index contributed by atoms with van der Waals surface area (Å²) in [6.45, 7) is 16.9. The molecule has 150 valence electrons. The summed E-state index contributed by atoms with van der Waals surface area (Å²) in [7, 11) is -1.93. The minimum atomic E-state index is -1.93. The Morgan fingerprint density at radius 3 is 2.00 bits per heavy atom. The fraction of sp³-hybridized carbons (Fsp3) is 0.375. The molecule has 2 aromatic rings. The van der Waals surface area contributed by atoms with Crippen LogP contribution in [-0.2, 0) is 4.74 Å². The Morgan fingerprint density at radius 1 is 1.00 bits per heavy atom. The summed E-state index contributed by atoms with van der Waals surface area (Å²) < 4.78 is 5.52. The number of carbonyl (C=O) groups is 1. The van der Waals surface area contributed by atoms with Gasteiger partial charge in [-0.05, 0) is 32.3 Å². The molecule has 0 aliphatic heterocycles. The first-order valence-corrected chi connectivity index (χ1v) is 12.8. The molecule has 2 aromatic carbocycles. The molecule has 0 radical (unpaired) electrons. The van der Waals surface area contributed by atoms with E-state index in [-0.39, 0.29) is 12.0 Å². The van der Waals surface area contributed by atoms with E-state index in [0.717, 1.165) is 5.56 Å². The van der Waals surface area contributed by atoms with Crippen LogP contribution in [0.4, 0.5) is 4.79 Å². The van der Waals surface area contributed by atoms with Gasteiger partial charge in [0.2, 0.25) is 0 Å². The van der Waals surface area contributed by atoms with Crippen molar-refractivity contribution in [2.75, 3.05) is 0 Å². The van der Waals surface area contributed by atoms with Crippen molar-refractivity contribution >= 4 is 19.4 Å². The lowest BCUT2D eigenvalue weighted by Gasteiger charge is -2.35. The average molecular weight is 396 g/mol. The van der Waals surface area contributed by atoms with Crippen molar-refractivity contribution in [3.8, 4) is 0 Å². The highest BCUT2D eigenvalue weighted by Crippen LogP contribution is 2.32. The lowest BCUT2D eigenvalue weighted by atomic mass is 9.94. The summed E-state index contributed by atoms with van der Waals surface area (Å²) in [5.74, 6) is 0.0665. The largest absolute Gasteiger partial charge is 0.444 e. The van der Waals surface area contributed by atoms with Crippen LogP contribution in [-0.4, -0.2) is 19.8 Å². The predicted molar refractivity (Wildman–Crippen MR) is 120 cm³/mol. The molecule has 3 nitrogen and oxygen atoms in total. The fourth-order valence-electron chi connectivity index (χ4n) is 3.40. The molecule has 0 saturated heterocycles. The third-order valence-corrected chi connectivity index (χ3v) is 9.02. The molecule has 0 aromatic heterocycles. The predicted octanol–water partition coefficient (Wildman–Crippen LogP) is 5.60. The van der Waals surface area contributed by atoms with Gasteiger partial charge in [-0.1, -0.05) is 91.1 Å². The number of benzene rings is 2. The lowest BCUT2D eigenvalue weighted by molar-refractivity contribution is 0.0492. The maximum Gasteiger partial charge on any atom is 0.408 e. The van der Waals surface area contributed by atoms with Crippen molar-refractivity contribution < 1.29 is 9.53 Å². The number of alkyl carbamates (subject to hydrolysis) is 1. The van der Waals surface area contributed by atoms with E-state index in [4.69, 9.17) is 4.74 Å². The van der Waals surface area contributed by atoms with Crippen LogP contribution in [0.15, 0.2) is 72.4 Å². The quantitative estimate of drug-likeness (QED) is 0.647. The topological polar surface area (TPSA) is 38.3 Å². The number of ether oxygens (including phenoxy) is 1. The zero-order valence-corrected chi connectivity index (χ0v) is 19.0. The molecule has 0 fully saturated rings. The van der Waals surface area contributed by atoms with E-state index < -0.39 is 19.8 Å². The van der Waals surface area contributed by atoms with E-state index in [1.165, 1.54) is 10.4 Å². The maximum absolute atomic E-state index is 12.5. The van der Waals surface area contributed by atoms with Crippen LogP contribution in [0.3, 0.4) is 0 Å². The minimum absolute atomic E-state index is 0.0665. The summed E-state index contributed by atoms with van der Waals surface area (Å²) in [6.07, 6.45) is -0.403. The Labute approximate surface area is 170 Å². The summed E-state index contributed by atoms with van der Waals surface area (Å²) in [5.41, 5.74) is 0.517. The second-order valence-electron chi connectivity index (χ2n) is 8.84. The molecule has 0 unspecified atom stereocenters. The third-order valence-electron chi connectivity index (χ3n) is 5.18. The Balaban J connectivity index is 2.32. The van der Waals surface area contributed by atoms with Crippen LogP contribution in [0.2, 0.25) is 13.1 Å². The first-order valence-electron chi connectivity index (χ1n) is 9.81. The minimum Gasteiger partial charge on any atom is -0.444 e. The molecule has 2 rings (SSSR count). The van der Waals surface area contributed by atoms with E-state index in [1.54, 1.807) is 0 Å². The van der Waals surface area contributed by atoms with Crippen molar-refractivity contribution in [2.24, 2.45) is 5.92 Å². The number of rotatable bonds is 6. The van der Waals surface area contributed by atoms with Crippen molar-refractivity contribution in [2.45, 2.75) is 52.4 Å². The molecule has 28 heavy (non-hydrogen) atoms. The fourth-order valence-corrected chi connectivity index (χ4v) is 6.10. The maximum atomic E-state index is 12.5. The first-order chi connectivity index (χ1) is 13.0.